The smallest absolute Gasteiger partial charge is 0.140 e. The predicted octanol–water partition coefficient (Wildman–Crippen LogP) is 9.50. The molecule has 0 aliphatic carbocycles. The third-order valence-corrected chi connectivity index (χ3v) is 8.34. The zero-order valence-corrected chi connectivity index (χ0v) is 24.6. The summed E-state index contributed by atoms with van der Waals surface area (Å²) in [5.74, 6) is 1.93. The summed E-state index contributed by atoms with van der Waals surface area (Å²) < 4.78 is 4.30. The molecule has 4 nitrogen and oxygen atoms in total. The van der Waals surface area contributed by atoms with Crippen LogP contribution in [-0.2, 0) is 14.1 Å². The molecule has 0 aliphatic rings. The topological polar surface area (TPSA) is 35.6 Å². The van der Waals surface area contributed by atoms with Crippen LogP contribution in [0, 0.1) is 6.92 Å². The number of allylic oxidation sites excluding steroid dienone is 2. The highest BCUT2D eigenvalue weighted by molar-refractivity contribution is 5.89. The number of aromatic nitrogens is 4. The Morgan fingerprint density at radius 2 is 1.09 bits per heavy atom. The van der Waals surface area contributed by atoms with Gasteiger partial charge in [0, 0.05) is 25.2 Å². The molecule has 7 rings (SSSR count). The summed E-state index contributed by atoms with van der Waals surface area (Å²) in [5, 5.41) is 0. The third kappa shape index (κ3) is 4.77. The molecule has 0 radical (unpaired) electrons. The van der Waals surface area contributed by atoms with Gasteiger partial charge in [0.05, 0.1) is 22.1 Å². The largest absolute Gasteiger partial charge is 0.327 e. The molecule has 4 heteroatoms. The van der Waals surface area contributed by atoms with Gasteiger partial charge in [0.2, 0.25) is 0 Å². The summed E-state index contributed by atoms with van der Waals surface area (Å²) in [6.07, 6.45) is 4.16. The molecule has 0 saturated carbocycles. The van der Waals surface area contributed by atoms with Gasteiger partial charge in [-0.2, -0.15) is 0 Å². The second-order valence-electron chi connectivity index (χ2n) is 11.0. The molecule has 2 aromatic heterocycles. The SMILES string of the molecule is C=C/C(=C\c1cc(-c2ccc(-c3nc4ccccc4n3C)cc2)ccc1C)c1ccc(-c2nc3ccccc3n2C)cc1. The van der Waals surface area contributed by atoms with Crippen LogP contribution in [0.4, 0.5) is 0 Å². The average molecular weight is 557 g/mol. The van der Waals surface area contributed by atoms with Crippen LogP contribution in [0.3, 0.4) is 0 Å². The molecule has 0 saturated heterocycles. The fourth-order valence-electron chi connectivity index (χ4n) is 5.83. The minimum atomic E-state index is 0.961. The normalized spacial score (nSPS) is 11.8. The molecule has 7 aromatic rings. The van der Waals surface area contributed by atoms with Gasteiger partial charge < -0.3 is 9.13 Å². The van der Waals surface area contributed by atoms with E-state index < -0.39 is 0 Å². The number of para-hydroxylation sites is 4. The van der Waals surface area contributed by atoms with Crippen molar-refractivity contribution in [3.8, 4) is 33.9 Å². The van der Waals surface area contributed by atoms with Gasteiger partial charge in [-0.25, -0.2) is 9.97 Å². The van der Waals surface area contributed by atoms with E-state index in [1.54, 1.807) is 0 Å². The first-order valence-corrected chi connectivity index (χ1v) is 14.5. The summed E-state index contributed by atoms with van der Waals surface area (Å²) in [7, 11) is 4.14. The van der Waals surface area contributed by atoms with Crippen molar-refractivity contribution in [2.75, 3.05) is 0 Å². The van der Waals surface area contributed by atoms with E-state index >= 15 is 0 Å². The Labute approximate surface area is 251 Å². The average Bonchev–Trinajstić information content (AvgIpc) is 3.57. The Morgan fingerprint density at radius 1 is 0.605 bits per heavy atom. The van der Waals surface area contributed by atoms with E-state index in [0.717, 1.165) is 56.0 Å². The molecule has 0 unspecified atom stereocenters. The summed E-state index contributed by atoms with van der Waals surface area (Å²) in [5.41, 5.74) is 13.4. The van der Waals surface area contributed by atoms with Crippen LogP contribution >= 0.6 is 0 Å². The molecular formula is C39H32N4. The van der Waals surface area contributed by atoms with Gasteiger partial charge in [-0.3, -0.25) is 0 Å². The standard InChI is InChI=1S/C39H32N4/c1-5-27(28-16-20-30(21-17-28)38-40-34-10-6-8-12-36(34)42(38)3)24-33-25-32(15-14-26(33)2)29-18-22-31(23-19-29)39-41-35-11-7-9-13-37(35)43(39)4/h5-25H,1H2,2-4H3/b27-24+. The first-order valence-electron chi connectivity index (χ1n) is 14.5. The molecule has 5 aromatic carbocycles. The van der Waals surface area contributed by atoms with Crippen LogP contribution in [-0.4, -0.2) is 19.1 Å². The molecule has 0 atom stereocenters. The van der Waals surface area contributed by atoms with Crippen molar-refractivity contribution in [2.45, 2.75) is 6.92 Å². The van der Waals surface area contributed by atoms with Crippen LogP contribution in [0.15, 0.2) is 128 Å². The van der Waals surface area contributed by atoms with E-state index in [1.807, 2.05) is 24.3 Å². The molecular weight excluding hydrogens is 524 g/mol. The number of benzene rings is 5. The Hall–Kier alpha value is -5.48. The molecule has 208 valence electrons. The molecule has 43 heavy (non-hydrogen) atoms. The van der Waals surface area contributed by atoms with E-state index in [-0.39, 0.29) is 0 Å². The Bertz CT molecular complexity index is 2160. The maximum Gasteiger partial charge on any atom is 0.140 e. The highest BCUT2D eigenvalue weighted by atomic mass is 15.1. The number of aryl methyl sites for hydroxylation is 3. The minimum absolute atomic E-state index is 0.961. The number of hydrogen-bond acceptors (Lipinski definition) is 2. The third-order valence-electron chi connectivity index (χ3n) is 8.34. The molecule has 0 aliphatic heterocycles. The van der Waals surface area contributed by atoms with Crippen LogP contribution in [0.25, 0.3) is 67.6 Å². The Kier molecular flexibility index (Phi) is 6.59. The number of hydrogen-bond donors (Lipinski definition) is 0. The summed E-state index contributed by atoms with van der Waals surface area (Å²) in [4.78, 5) is 9.71. The van der Waals surface area contributed by atoms with Crippen LogP contribution < -0.4 is 0 Å². The second kappa shape index (κ2) is 10.7. The van der Waals surface area contributed by atoms with Crippen molar-refractivity contribution in [1.29, 1.82) is 0 Å². The minimum Gasteiger partial charge on any atom is -0.327 e. The molecule has 0 amide bonds. The lowest BCUT2D eigenvalue weighted by molar-refractivity contribution is 0.959. The van der Waals surface area contributed by atoms with E-state index in [4.69, 9.17) is 9.97 Å². The summed E-state index contributed by atoms with van der Waals surface area (Å²) in [6.45, 7) is 6.29. The number of imidazole rings is 2. The quantitative estimate of drug-likeness (QED) is 0.151. The van der Waals surface area contributed by atoms with E-state index in [2.05, 4.69) is 140 Å². The monoisotopic (exact) mass is 556 g/mol. The number of nitrogens with zero attached hydrogens (tertiary/aromatic N) is 4. The lowest BCUT2D eigenvalue weighted by Gasteiger charge is -2.10. The zero-order valence-electron chi connectivity index (χ0n) is 24.6. The van der Waals surface area contributed by atoms with Gasteiger partial charge in [0.25, 0.3) is 0 Å². The van der Waals surface area contributed by atoms with Crippen molar-refractivity contribution in [3.63, 3.8) is 0 Å². The van der Waals surface area contributed by atoms with Crippen LogP contribution in [0.1, 0.15) is 16.7 Å². The first kappa shape index (κ1) is 26.4. The van der Waals surface area contributed by atoms with E-state index in [1.165, 1.54) is 22.3 Å². The van der Waals surface area contributed by atoms with Gasteiger partial charge in [-0.1, -0.05) is 97.6 Å². The van der Waals surface area contributed by atoms with Gasteiger partial charge in [-0.05, 0) is 76.7 Å². The molecule has 0 fully saturated rings. The predicted molar refractivity (Wildman–Crippen MR) is 181 cm³/mol. The summed E-state index contributed by atoms with van der Waals surface area (Å²) >= 11 is 0. The van der Waals surface area contributed by atoms with Gasteiger partial charge in [-0.15, -0.1) is 0 Å². The number of rotatable bonds is 6. The van der Waals surface area contributed by atoms with Gasteiger partial charge in [0.1, 0.15) is 11.6 Å². The van der Waals surface area contributed by atoms with Crippen molar-refractivity contribution < 1.29 is 0 Å². The van der Waals surface area contributed by atoms with Crippen molar-refractivity contribution in [1.82, 2.24) is 19.1 Å². The lowest BCUT2D eigenvalue weighted by atomic mass is 9.95. The molecule has 0 spiro atoms. The maximum atomic E-state index is 4.86. The van der Waals surface area contributed by atoms with Gasteiger partial charge in [0.15, 0.2) is 0 Å². The Balaban J connectivity index is 1.17. The fourth-order valence-corrected chi connectivity index (χ4v) is 5.83. The van der Waals surface area contributed by atoms with E-state index in [9.17, 15) is 0 Å². The lowest BCUT2D eigenvalue weighted by Crippen LogP contribution is -1.93. The highest BCUT2D eigenvalue weighted by Gasteiger charge is 2.12. The van der Waals surface area contributed by atoms with Crippen LogP contribution in [0.2, 0.25) is 0 Å². The van der Waals surface area contributed by atoms with Gasteiger partial charge >= 0.3 is 0 Å². The van der Waals surface area contributed by atoms with Crippen molar-refractivity contribution >= 4 is 33.7 Å². The number of fused-ring (bicyclic) bond motifs is 2. The van der Waals surface area contributed by atoms with E-state index in [0.29, 0.717) is 0 Å². The van der Waals surface area contributed by atoms with Crippen molar-refractivity contribution in [2.24, 2.45) is 14.1 Å². The van der Waals surface area contributed by atoms with Crippen LogP contribution in [0.5, 0.6) is 0 Å². The highest BCUT2D eigenvalue weighted by Crippen LogP contribution is 2.31. The molecule has 2 heterocycles. The zero-order chi connectivity index (χ0) is 29.5. The van der Waals surface area contributed by atoms with Crippen molar-refractivity contribution in [3.05, 3.63) is 145 Å². The fraction of sp³-hybridized carbons (Fsp3) is 0.0769. The first-order chi connectivity index (χ1) is 21.0. The molecule has 0 N–H and O–H groups in total. The Morgan fingerprint density at radius 3 is 1.63 bits per heavy atom. The second-order valence-corrected chi connectivity index (χ2v) is 11.0. The maximum absolute atomic E-state index is 4.86. The molecule has 0 bridgehead atoms. The summed E-state index contributed by atoms with van der Waals surface area (Å²) in [6, 6.07) is 40.4.